The van der Waals surface area contributed by atoms with E-state index in [0.717, 1.165) is 36.1 Å². The molecule has 0 radical (unpaired) electrons. The predicted molar refractivity (Wildman–Crippen MR) is 90.3 cm³/mol. The van der Waals surface area contributed by atoms with Gasteiger partial charge in [0, 0.05) is 17.5 Å². The van der Waals surface area contributed by atoms with Gasteiger partial charge in [-0.25, -0.2) is 4.39 Å². The van der Waals surface area contributed by atoms with Gasteiger partial charge in [0.25, 0.3) is 5.91 Å². The Balaban J connectivity index is 1.57. The number of thiophene rings is 1. The summed E-state index contributed by atoms with van der Waals surface area (Å²) in [5, 5.41) is 0. The van der Waals surface area contributed by atoms with Gasteiger partial charge in [0.1, 0.15) is 5.82 Å². The Morgan fingerprint density at radius 2 is 2.04 bits per heavy atom. The van der Waals surface area contributed by atoms with Crippen molar-refractivity contribution < 1.29 is 9.18 Å². The van der Waals surface area contributed by atoms with Crippen molar-refractivity contribution in [3.8, 4) is 0 Å². The molecule has 1 saturated carbocycles. The van der Waals surface area contributed by atoms with E-state index >= 15 is 0 Å². The third kappa shape index (κ3) is 3.18. The van der Waals surface area contributed by atoms with Gasteiger partial charge in [0.05, 0.1) is 4.88 Å². The van der Waals surface area contributed by atoms with Crippen LogP contribution < -0.4 is 0 Å². The quantitative estimate of drug-likeness (QED) is 0.804. The summed E-state index contributed by atoms with van der Waals surface area (Å²) in [6, 6.07) is 9.00. The molecule has 120 valence electrons. The average Bonchev–Trinajstić information content (AvgIpc) is 3.30. The van der Waals surface area contributed by atoms with Crippen LogP contribution in [0.25, 0.3) is 0 Å². The first kappa shape index (κ1) is 14.9. The molecule has 0 atom stereocenters. The lowest BCUT2D eigenvalue weighted by atomic mass is 9.99. The van der Waals surface area contributed by atoms with Crippen LogP contribution in [-0.2, 0) is 19.4 Å². The highest BCUT2D eigenvalue weighted by atomic mass is 32.1. The smallest absolute Gasteiger partial charge is 0.264 e. The topological polar surface area (TPSA) is 20.3 Å². The standard InChI is InChI=1S/C19H20FNOS/c20-15-6-3-4-13(10-15)12-21(16-8-9-16)19(22)18-11-14-5-1-2-7-17(14)23-18/h3-4,6,10-11,16H,1-2,5,7-9,12H2. The number of hydrogen-bond donors (Lipinski definition) is 0. The summed E-state index contributed by atoms with van der Waals surface area (Å²) in [6.07, 6.45) is 6.80. The fourth-order valence-electron chi connectivity index (χ4n) is 3.32. The molecule has 0 aliphatic heterocycles. The molecular formula is C19H20FNOS. The number of rotatable bonds is 4. The molecule has 4 rings (SSSR count). The molecule has 4 heteroatoms. The van der Waals surface area contributed by atoms with Gasteiger partial charge in [-0.2, -0.15) is 0 Å². The van der Waals surface area contributed by atoms with E-state index in [9.17, 15) is 9.18 Å². The lowest BCUT2D eigenvalue weighted by Crippen LogP contribution is -2.32. The Hall–Kier alpha value is -1.68. The first-order valence-corrected chi connectivity index (χ1v) is 9.19. The molecule has 2 aliphatic rings. The fraction of sp³-hybridized carbons (Fsp3) is 0.421. The number of aryl methyl sites for hydroxylation is 2. The molecule has 0 unspecified atom stereocenters. The zero-order valence-electron chi connectivity index (χ0n) is 13.1. The predicted octanol–water partition coefficient (Wildman–Crippen LogP) is 4.57. The third-order valence-corrected chi connectivity index (χ3v) is 5.92. The van der Waals surface area contributed by atoms with Gasteiger partial charge in [-0.05, 0) is 67.9 Å². The SMILES string of the molecule is O=C(c1cc2c(s1)CCCC2)N(Cc1cccc(F)c1)C1CC1. The van der Waals surface area contributed by atoms with Gasteiger partial charge in [0.15, 0.2) is 0 Å². The zero-order valence-corrected chi connectivity index (χ0v) is 13.9. The summed E-state index contributed by atoms with van der Waals surface area (Å²) in [4.78, 5) is 17.2. The number of carbonyl (C=O) groups is 1. The molecule has 0 spiro atoms. The van der Waals surface area contributed by atoms with Gasteiger partial charge < -0.3 is 4.90 Å². The molecule has 2 aliphatic carbocycles. The van der Waals surface area contributed by atoms with Gasteiger partial charge in [0.2, 0.25) is 0 Å². The molecular weight excluding hydrogens is 309 g/mol. The van der Waals surface area contributed by atoms with Crippen LogP contribution in [0.1, 0.15) is 51.4 Å². The molecule has 1 amide bonds. The normalized spacial score (nSPS) is 16.9. The number of carbonyl (C=O) groups excluding carboxylic acids is 1. The first-order valence-electron chi connectivity index (χ1n) is 8.38. The average molecular weight is 329 g/mol. The second kappa shape index (κ2) is 6.08. The van der Waals surface area contributed by atoms with Gasteiger partial charge in [-0.1, -0.05) is 12.1 Å². The Bertz CT molecular complexity index is 711. The van der Waals surface area contributed by atoms with Crippen LogP contribution in [-0.4, -0.2) is 16.8 Å². The van der Waals surface area contributed by atoms with E-state index in [1.807, 2.05) is 11.0 Å². The Kier molecular flexibility index (Phi) is 3.93. The molecule has 0 saturated heterocycles. The second-order valence-electron chi connectivity index (χ2n) is 6.56. The van der Waals surface area contributed by atoms with E-state index in [1.54, 1.807) is 17.4 Å². The molecule has 1 aromatic carbocycles. The number of fused-ring (bicyclic) bond motifs is 1. The molecule has 1 aromatic heterocycles. The highest BCUT2D eigenvalue weighted by Gasteiger charge is 2.34. The summed E-state index contributed by atoms with van der Waals surface area (Å²) in [5.74, 6) is -0.117. The molecule has 0 N–H and O–H groups in total. The minimum atomic E-state index is -0.239. The number of benzene rings is 1. The van der Waals surface area contributed by atoms with Crippen LogP contribution in [0.3, 0.4) is 0 Å². The second-order valence-corrected chi connectivity index (χ2v) is 7.70. The Morgan fingerprint density at radius 1 is 1.22 bits per heavy atom. The van der Waals surface area contributed by atoms with Crippen LogP contribution >= 0.6 is 11.3 Å². The maximum atomic E-state index is 13.4. The van der Waals surface area contributed by atoms with Crippen LogP contribution in [0.15, 0.2) is 30.3 Å². The van der Waals surface area contributed by atoms with E-state index in [2.05, 4.69) is 6.07 Å². The minimum Gasteiger partial charge on any atom is -0.331 e. The maximum absolute atomic E-state index is 13.4. The van der Waals surface area contributed by atoms with Gasteiger partial charge in [-0.15, -0.1) is 11.3 Å². The van der Waals surface area contributed by atoms with Gasteiger partial charge in [-0.3, -0.25) is 4.79 Å². The lowest BCUT2D eigenvalue weighted by Gasteiger charge is -2.22. The van der Waals surface area contributed by atoms with Gasteiger partial charge >= 0.3 is 0 Å². The number of amides is 1. The minimum absolute atomic E-state index is 0.121. The van der Waals surface area contributed by atoms with E-state index < -0.39 is 0 Å². The van der Waals surface area contributed by atoms with E-state index in [1.165, 1.54) is 35.4 Å². The summed E-state index contributed by atoms with van der Waals surface area (Å²) in [5.41, 5.74) is 2.23. The molecule has 23 heavy (non-hydrogen) atoms. The first-order chi connectivity index (χ1) is 11.2. The molecule has 0 bridgehead atoms. The van der Waals surface area contributed by atoms with Crippen molar-refractivity contribution in [2.24, 2.45) is 0 Å². The van der Waals surface area contributed by atoms with Crippen molar-refractivity contribution in [2.45, 2.75) is 51.1 Å². The zero-order chi connectivity index (χ0) is 15.8. The van der Waals surface area contributed by atoms with E-state index in [-0.39, 0.29) is 11.7 Å². The van der Waals surface area contributed by atoms with Crippen LogP contribution in [0.5, 0.6) is 0 Å². The van der Waals surface area contributed by atoms with Crippen LogP contribution in [0.4, 0.5) is 4.39 Å². The lowest BCUT2D eigenvalue weighted by molar-refractivity contribution is 0.0734. The molecule has 1 fully saturated rings. The molecule has 2 aromatic rings. The monoisotopic (exact) mass is 329 g/mol. The van der Waals surface area contributed by atoms with Crippen molar-refractivity contribution in [3.05, 3.63) is 57.0 Å². The highest BCUT2D eigenvalue weighted by Crippen LogP contribution is 2.34. The molecule has 2 nitrogen and oxygen atoms in total. The summed E-state index contributed by atoms with van der Waals surface area (Å²) in [7, 11) is 0. The largest absolute Gasteiger partial charge is 0.331 e. The van der Waals surface area contributed by atoms with Crippen molar-refractivity contribution in [3.63, 3.8) is 0 Å². The fourth-order valence-corrected chi connectivity index (χ4v) is 4.53. The van der Waals surface area contributed by atoms with E-state index in [4.69, 9.17) is 0 Å². The third-order valence-electron chi connectivity index (χ3n) is 4.70. The van der Waals surface area contributed by atoms with Crippen LogP contribution in [0, 0.1) is 5.82 Å². The summed E-state index contributed by atoms with van der Waals surface area (Å²) in [6.45, 7) is 0.504. The summed E-state index contributed by atoms with van der Waals surface area (Å²) < 4.78 is 13.4. The van der Waals surface area contributed by atoms with Crippen LogP contribution in [0.2, 0.25) is 0 Å². The number of hydrogen-bond acceptors (Lipinski definition) is 2. The number of halogens is 1. The highest BCUT2D eigenvalue weighted by molar-refractivity contribution is 7.14. The maximum Gasteiger partial charge on any atom is 0.264 e. The van der Waals surface area contributed by atoms with Crippen molar-refractivity contribution in [2.75, 3.05) is 0 Å². The Morgan fingerprint density at radius 3 is 2.78 bits per heavy atom. The molecule has 1 heterocycles. The Labute approximate surface area is 139 Å². The van der Waals surface area contributed by atoms with Crippen molar-refractivity contribution in [1.82, 2.24) is 4.90 Å². The number of nitrogens with zero attached hydrogens (tertiary/aromatic N) is 1. The van der Waals surface area contributed by atoms with E-state index in [0.29, 0.717) is 12.6 Å². The van der Waals surface area contributed by atoms with Crippen molar-refractivity contribution in [1.29, 1.82) is 0 Å². The van der Waals surface area contributed by atoms with Crippen molar-refractivity contribution >= 4 is 17.2 Å². The summed E-state index contributed by atoms with van der Waals surface area (Å²) >= 11 is 1.67.